The van der Waals surface area contributed by atoms with Crippen LogP contribution in [0.2, 0.25) is 0 Å². The predicted octanol–water partition coefficient (Wildman–Crippen LogP) is 4.78. The lowest BCUT2D eigenvalue weighted by Crippen LogP contribution is -2.09. The van der Waals surface area contributed by atoms with Gasteiger partial charge in [-0.1, -0.05) is 42.5 Å². The van der Waals surface area contributed by atoms with Crippen molar-refractivity contribution in [2.45, 2.75) is 25.7 Å². The SMILES string of the molecule is CSCc1ccc(C(C#N)OCOc2c(C)cccc2C)cc1. The Hall–Kier alpha value is -1.96. The lowest BCUT2D eigenvalue weighted by molar-refractivity contribution is -0.0145. The summed E-state index contributed by atoms with van der Waals surface area (Å²) in [4.78, 5) is 0. The van der Waals surface area contributed by atoms with E-state index in [0.29, 0.717) is 0 Å². The smallest absolute Gasteiger partial charge is 0.191 e. The van der Waals surface area contributed by atoms with Crippen molar-refractivity contribution in [1.82, 2.24) is 0 Å². The number of ether oxygens (including phenoxy) is 2. The highest BCUT2D eigenvalue weighted by Gasteiger charge is 2.12. The number of thioether (sulfide) groups is 1. The molecule has 120 valence electrons. The maximum Gasteiger partial charge on any atom is 0.191 e. The van der Waals surface area contributed by atoms with Gasteiger partial charge in [-0.15, -0.1) is 0 Å². The zero-order valence-corrected chi connectivity index (χ0v) is 14.5. The van der Waals surface area contributed by atoms with Crippen LogP contribution in [0.15, 0.2) is 42.5 Å². The molecule has 0 aromatic heterocycles. The molecule has 1 unspecified atom stereocenters. The highest BCUT2D eigenvalue weighted by atomic mass is 32.2. The van der Waals surface area contributed by atoms with E-state index in [1.165, 1.54) is 5.56 Å². The first-order chi connectivity index (χ1) is 11.2. The molecule has 3 nitrogen and oxygen atoms in total. The third-order valence-corrected chi connectivity index (χ3v) is 4.18. The van der Waals surface area contributed by atoms with Gasteiger partial charge in [-0.05, 0) is 42.4 Å². The molecule has 0 aliphatic carbocycles. The third-order valence-electron chi connectivity index (χ3n) is 3.56. The molecule has 0 N–H and O–H groups in total. The first kappa shape index (κ1) is 17.4. The Morgan fingerprint density at radius 1 is 1.09 bits per heavy atom. The van der Waals surface area contributed by atoms with Crippen LogP contribution in [0.3, 0.4) is 0 Å². The van der Waals surface area contributed by atoms with Gasteiger partial charge in [0.25, 0.3) is 0 Å². The number of aryl methyl sites for hydroxylation is 2. The molecule has 0 amide bonds. The Labute approximate surface area is 142 Å². The maximum absolute atomic E-state index is 9.32. The largest absolute Gasteiger partial charge is 0.467 e. The summed E-state index contributed by atoms with van der Waals surface area (Å²) in [6.45, 7) is 4.04. The van der Waals surface area contributed by atoms with Crippen LogP contribution in [0, 0.1) is 25.2 Å². The van der Waals surface area contributed by atoms with Crippen molar-refractivity contribution in [1.29, 1.82) is 5.26 Å². The molecule has 4 heteroatoms. The number of hydrogen-bond donors (Lipinski definition) is 0. The molecule has 0 spiro atoms. The number of nitriles is 1. The molecule has 0 heterocycles. The van der Waals surface area contributed by atoms with Crippen molar-refractivity contribution in [3.8, 4) is 11.8 Å². The molecule has 0 fully saturated rings. The lowest BCUT2D eigenvalue weighted by Gasteiger charge is -2.15. The molecule has 0 saturated carbocycles. The summed E-state index contributed by atoms with van der Waals surface area (Å²) < 4.78 is 11.3. The van der Waals surface area contributed by atoms with Gasteiger partial charge in [-0.3, -0.25) is 0 Å². The Morgan fingerprint density at radius 2 is 1.74 bits per heavy atom. The second-order valence-corrected chi connectivity index (χ2v) is 6.20. The van der Waals surface area contributed by atoms with Gasteiger partial charge in [0, 0.05) is 5.75 Å². The summed E-state index contributed by atoms with van der Waals surface area (Å²) in [7, 11) is 0. The summed E-state index contributed by atoms with van der Waals surface area (Å²) in [5.41, 5.74) is 4.21. The Kier molecular flexibility index (Phi) is 6.52. The van der Waals surface area contributed by atoms with Crippen molar-refractivity contribution in [3.63, 3.8) is 0 Å². The van der Waals surface area contributed by atoms with Crippen molar-refractivity contribution >= 4 is 11.8 Å². The first-order valence-electron chi connectivity index (χ1n) is 7.43. The van der Waals surface area contributed by atoms with E-state index in [1.807, 2.05) is 56.3 Å². The molecule has 2 aromatic rings. The van der Waals surface area contributed by atoms with Crippen LogP contribution in [0.5, 0.6) is 5.75 Å². The molecule has 0 aliphatic rings. The van der Waals surface area contributed by atoms with Crippen molar-refractivity contribution in [2.24, 2.45) is 0 Å². The van der Waals surface area contributed by atoms with Crippen LogP contribution in [0.25, 0.3) is 0 Å². The van der Waals surface area contributed by atoms with E-state index >= 15 is 0 Å². The molecular weight excluding hydrogens is 306 g/mol. The maximum atomic E-state index is 9.32. The van der Waals surface area contributed by atoms with Gasteiger partial charge in [-0.25, -0.2) is 0 Å². The van der Waals surface area contributed by atoms with Crippen molar-refractivity contribution < 1.29 is 9.47 Å². The number of rotatable bonds is 7. The van der Waals surface area contributed by atoms with Gasteiger partial charge in [0.1, 0.15) is 5.75 Å². The zero-order chi connectivity index (χ0) is 16.7. The average molecular weight is 327 g/mol. The molecule has 1 atom stereocenters. The number of para-hydroxylation sites is 1. The van der Waals surface area contributed by atoms with Gasteiger partial charge in [0.05, 0.1) is 6.07 Å². The predicted molar refractivity (Wildman–Crippen MR) is 94.5 cm³/mol. The Bertz CT molecular complexity index is 657. The lowest BCUT2D eigenvalue weighted by atomic mass is 10.1. The zero-order valence-electron chi connectivity index (χ0n) is 13.7. The van der Waals surface area contributed by atoms with Gasteiger partial charge >= 0.3 is 0 Å². The highest BCUT2D eigenvalue weighted by molar-refractivity contribution is 7.97. The molecular formula is C19H21NO2S. The van der Waals surface area contributed by atoms with Crippen molar-refractivity contribution in [2.75, 3.05) is 13.0 Å². The highest BCUT2D eigenvalue weighted by Crippen LogP contribution is 2.24. The Balaban J connectivity index is 1.96. The van der Waals surface area contributed by atoms with Crippen molar-refractivity contribution in [3.05, 3.63) is 64.7 Å². The van der Waals surface area contributed by atoms with Crippen LogP contribution in [0.4, 0.5) is 0 Å². The minimum atomic E-state index is -0.623. The van der Waals surface area contributed by atoms with Crippen LogP contribution >= 0.6 is 11.8 Å². The molecule has 2 aromatic carbocycles. The number of hydrogen-bond acceptors (Lipinski definition) is 4. The standard InChI is InChI=1S/C19H21NO2S/c1-14-5-4-6-15(2)19(14)22-13-21-18(11-20)17-9-7-16(8-10-17)12-23-3/h4-10,18H,12-13H2,1-3H3. The molecule has 0 aliphatic heterocycles. The number of benzene rings is 2. The van der Waals surface area contributed by atoms with E-state index in [-0.39, 0.29) is 6.79 Å². The van der Waals surface area contributed by atoms with Gasteiger partial charge < -0.3 is 9.47 Å². The monoisotopic (exact) mass is 327 g/mol. The molecule has 0 saturated heterocycles. The van der Waals surface area contributed by atoms with E-state index in [9.17, 15) is 5.26 Å². The normalized spacial score (nSPS) is 11.7. The second kappa shape index (κ2) is 8.61. The van der Waals surface area contributed by atoms with Gasteiger partial charge in [0.15, 0.2) is 12.9 Å². The van der Waals surface area contributed by atoms with E-state index < -0.39 is 6.10 Å². The van der Waals surface area contributed by atoms with Crippen LogP contribution < -0.4 is 4.74 Å². The summed E-state index contributed by atoms with van der Waals surface area (Å²) >= 11 is 1.77. The van der Waals surface area contributed by atoms with E-state index in [4.69, 9.17) is 9.47 Å². The molecule has 2 rings (SSSR count). The molecule has 23 heavy (non-hydrogen) atoms. The third kappa shape index (κ3) is 4.75. The summed E-state index contributed by atoms with van der Waals surface area (Å²) in [6.07, 6.45) is 1.45. The minimum Gasteiger partial charge on any atom is -0.467 e. The second-order valence-electron chi connectivity index (χ2n) is 5.33. The first-order valence-corrected chi connectivity index (χ1v) is 8.83. The van der Waals surface area contributed by atoms with Gasteiger partial charge in [0.2, 0.25) is 0 Å². The molecule has 0 bridgehead atoms. The fourth-order valence-electron chi connectivity index (χ4n) is 2.35. The summed E-state index contributed by atoms with van der Waals surface area (Å²) in [6, 6.07) is 16.1. The average Bonchev–Trinajstić information content (AvgIpc) is 2.55. The minimum absolute atomic E-state index is 0.0521. The number of nitrogens with zero attached hydrogens (tertiary/aromatic N) is 1. The fourth-order valence-corrected chi connectivity index (χ4v) is 2.88. The Morgan fingerprint density at radius 3 is 2.30 bits per heavy atom. The molecule has 0 radical (unpaired) electrons. The topological polar surface area (TPSA) is 42.2 Å². The van der Waals surface area contributed by atoms with Gasteiger partial charge in [-0.2, -0.15) is 17.0 Å². The van der Waals surface area contributed by atoms with Crippen LogP contribution in [-0.2, 0) is 10.5 Å². The quantitative estimate of drug-likeness (QED) is 0.686. The summed E-state index contributed by atoms with van der Waals surface area (Å²) in [5, 5.41) is 9.32. The van der Waals surface area contributed by atoms with Crippen LogP contribution in [0.1, 0.15) is 28.4 Å². The van der Waals surface area contributed by atoms with E-state index in [1.54, 1.807) is 11.8 Å². The van der Waals surface area contributed by atoms with Crippen LogP contribution in [-0.4, -0.2) is 13.0 Å². The summed E-state index contributed by atoms with van der Waals surface area (Å²) in [5.74, 6) is 1.79. The van der Waals surface area contributed by atoms with E-state index in [2.05, 4.69) is 12.3 Å². The van der Waals surface area contributed by atoms with E-state index in [0.717, 1.165) is 28.2 Å². The fraction of sp³-hybridized carbons (Fsp3) is 0.316.